The summed E-state index contributed by atoms with van der Waals surface area (Å²) in [6, 6.07) is 7.93. The highest BCUT2D eigenvalue weighted by Crippen LogP contribution is 2.30. The van der Waals surface area contributed by atoms with Gasteiger partial charge in [-0.2, -0.15) is 0 Å². The van der Waals surface area contributed by atoms with Gasteiger partial charge in [-0.1, -0.05) is 18.2 Å². The summed E-state index contributed by atoms with van der Waals surface area (Å²) in [7, 11) is 0. The number of amidine groups is 1. The van der Waals surface area contributed by atoms with E-state index in [1.807, 2.05) is 31.2 Å². The summed E-state index contributed by atoms with van der Waals surface area (Å²) in [6.07, 6.45) is 1.64. The lowest BCUT2D eigenvalue weighted by Crippen LogP contribution is -2.32. The van der Waals surface area contributed by atoms with E-state index in [-0.39, 0.29) is 5.91 Å². The van der Waals surface area contributed by atoms with Crippen LogP contribution < -0.4 is 0 Å². The lowest BCUT2D eigenvalue weighted by Gasteiger charge is -2.23. The molecule has 0 fully saturated rings. The van der Waals surface area contributed by atoms with Gasteiger partial charge in [0, 0.05) is 6.08 Å². The Bertz CT molecular complexity index is 514. The van der Waals surface area contributed by atoms with Gasteiger partial charge in [0.2, 0.25) is 0 Å². The van der Waals surface area contributed by atoms with Crippen LogP contribution in [0, 0.1) is 0 Å². The first-order chi connectivity index (χ1) is 7.25. The van der Waals surface area contributed by atoms with E-state index in [0.29, 0.717) is 6.54 Å². The Morgan fingerprint density at radius 1 is 1.33 bits per heavy atom. The molecule has 3 rings (SSSR count). The zero-order valence-electron chi connectivity index (χ0n) is 8.40. The van der Waals surface area contributed by atoms with Gasteiger partial charge >= 0.3 is 0 Å². The Kier molecular flexibility index (Phi) is 1.57. The second-order valence-electron chi connectivity index (χ2n) is 3.82. The smallest absolute Gasteiger partial charge is 0.252 e. The minimum absolute atomic E-state index is 0.0424. The number of carbonyl (C=O) groups is 1. The molecule has 0 bridgehead atoms. The van der Waals surface area contributed by atoms with Gasteiger partial charge in [0.25, 0.3) is 5.91 Å². The normalized spacial score (nSPS) is 18.2. The van der Waals surface area contributed by atoms with Gasteiger partial charge in [0.15, 0.2) is 0 Å². The van der Waals surface area contributed by atoms with E-state index in [1.54, 1.807) is 11.0 Å². The van der Waals surface area contributed by atoms with Crippen molar-refractivity contribution >= 4 is 17.4 Å². The van der Waals surface area contributed by atoms with Crippen molar-refractivity contribution < 1.29 is 4.79 Å². The maximum atomic E-state index is 11.6. The number of rotatable bonds is 0. The molecule has 1 aromatic rings. The maximum Gasteiger partial charge on any atom is 0.252 e. The standard InChI is InChI=1S/C12H10N2O/c1-8-6-11(15)14-7-9-4-2-3-5-10(9)13-12(8)14/h2-6H,7H2,1H3. The molecule has 0 aromatic heterocycles. The summed E-state index contributed by atoms with van der Waals surface area (Å²) < 4.78 is 0. The molecule has 0 saturated heterocycles. The number of nitrogens with zero attached hydrogens (tertiary/aromatic N) is 2. The first kappa shape index (κ1) is 8.41. The molecule has 2 aliphatic heterocycles. The molecule has 3 nitrogen and oxygen atoms in total. The molecule has 74 valence electrons. The SMILES string of the molecule is CC1=CC(=O)N2Cc3ccccc3N=C12. The highest BCUT2D eigenvalue weighted by molar-refractivity contribution is 6.19. The molecule has 0 atom stereocenters. The maximum absolute atomic E-state index is 11.6. The van der Waals surface area contributed by atoms with Gasteiger partial charge in [-0.15, -0.1) is 0 Å². The van der Waals surface area contributed by atoms with Crippen LogP contribution in [0.1, 0.15) is 12.5 Å². The lowest BCUT2D eigenvalue weighted by atomic mass is 10.1. The van der Waals surface area contributed by atoms with E-state index in [0.717, 1.165) is 22.7 Å². The van der Waals surface area contributed by atoms with Crippen LogP contribution in [0.5, 0.6) is 0 Å². The fourth-order valence-electron chi connectivity index (χ4n) is 1.98. The van der Waals surface area contributed by atoms with Crippen molar-refractivity contribution in [1.82, 2.24) is 4.90 Å². The van der Waals surface area contributed by atoms with E-state index >= 15 is 0 Å². The zero-order chi connectivity index (χ0) is 10.4. The molecule has 0 saturated carbocycles. The number of hydrogen-bond acceptors (Lipinski definition) is 2. The van der Waals surface area contributed by atoms with Crippen molar-refractivity contribution in [1.29, 1.82) is 0 Å². The molecule has 1 aromatic carbocycles. The number of carbonyl (C=O) groups excluding carboxylic acids is 1. The quantitative estimate of drug-likeness (QED) is 0.627. The molecular formula is C12H10N2O. The number of para-hydroxylation sites is 1. The highest BCUT2D eigenvalue weighted by atomic mass is 16.2. The van der Waals surface area contributed by atoms with Crippen molar-refractivity contribution in [3.8, 4) is 0 Å². The minimum atomic E-state index is 0.0424. The third kappa shape index (κ3) is 1.13. The van der Waals surface area contributed by atoms with Crippen LogP contribution in [0.3, 0.4) is 0 Å². The molecule has 2 heterocycles. The monoisotopic (exact) mass is 198 g/mol. The third-order valence-electron chi connectivity index (χ3n) is 2.76. The van der Waals surface area contributed by atoms with Crippen molar-refractivity contribution in [2.24, 2.45) is 4.99 Å². The first-order valence-electron chi connectivity index (χ1n) is 4.92. The van der Waals surface area contributed by atoms with Crippen LogP contribution in [0.4, 0.5) is 5.69 Å². The highest BCUT2D eigenvalue weighted by Gasteiger charge is 2.29. The topological polar surface area (TPSA) is 32.7 Å². The van der Waals surface area contributed by atoms with Crippen LogP contribution in [-0.4, -0.2) is 16.6 Å². The minimum Gasteiger partial charge on any atom is -0.288 e. The van der Waals surface area contributed by atoms with E-state index in [2.05, 4.69) is 4.99 Å². The number of fused-ring (bicyclic) bond motifs is 2. The Hall–Kier alpha value is -1.90. The Labute approximate surface area is 87.7 Å². The average Bonchev–Trinajstić information content (AvgIpc) is 2.52. The van der Waals surface area contributed by atoms with E-state index in [4.69, 9.17) is 0 Å². The summed E-state index contributed by atoms with van der Waals surface area (Å²) in [5.41, 5.74) is 3.04. The van der Waals surface area contributed by atoms with Crippen LogP contribution in [-0.2, 0) is 11.3 Å². The van der Waals surface area contributed by atoms with Crippen molar-refractivity contribution in [2.75, 3.05) is 0 Å². The fourth-order valence-corrected chi connectivity index (χ4v) is 1.98. The fraction of sp³-hybridized carbons (Fsp3) is 0.167. The molecule has 15 heavy (non-hydrogen) atoms. The molecule has 1 amide bonds. The molecule has 0 N–H and O–H groups in total. The average molecular weight is 198 g/mol. The molecule has 0 radical (unpaired) electrons. The van der Waals surface area contributed by atoms with E-state index < -0.39 is 0 Å². The number of aliphatic imine (C=N–C) groups is 1. The second kappa shape index (κ2) is 2.79. The molecule has 0 unspecified atom stereocenters. The summed E-state index contributed by atoms with van der Waals surface area (Å²) in [4.78, 5) is 17.8. The molecule has 0 spiro atoms. The first-order valence-corrected chi connectivity index (χ1v) is 4.92. The molecule has 0 aliphatic carbocycles. The number of amides is 1. The van der Waals surface area contributed by atoms with Crippen LogP contribution in [0.25, 0.3) is 0 Å². The molecule has 2 aliphatic rings. The van der Waals surface area contributed by atoms with Gasteiger partial charge in [0.05, 0.1) is 12.2 Å². The zero-order valence-corrected chi connectivity index (χ0v) is 8.40. The molecular weight excluding hydrogens is 188 g/mol. The predicted octanol–water partition coefficient (Wildman–Crippen LogP) is 2.02. The Morgan fingerprint density at radius 2 is 2.13 bits per heavy atom. The van der Waals surface area contributed by atoms with Gasteiger partial charge < -0.3 is 0 Å². The summed E-state index contributed by atoms with van der Waals surface area (Å²) in [6.45, 7) is 2.56. The lowest BCUT2D eigenvalue weighted by molar-refractivity contribution is -0.122. The van der Waals surface area contributed by atoms with E-state index in [1.165, 1.54) is 0 Å². The van der Waals surface area contributed by atoms with Crippen LogP contribution in [0.15, 0.2) is 40.9 Å². The second-order valence-corrected chi connectivity index (χ2v) is 3.82. The van der Waals surface area contributed by atoms with Gasteiger partial charge in [0.1, 0.15) is 5.84 Å². The number of benzene rings is 1. The van der Waals surface area contributed by atoms with E-state index in [9.17, 15) is 4.79 Å². The summed E-state index contributed by atoms with van der Waals surface area (Å²) >= 11 is 0. The van der Waals surface area contributed by atoms with Gasteiger partial charge in [-0.25, -0.2) is 4.99 Å². The summed E-state index contributed by atoms with van der Waals surface area (Å²) in [5, 5.41) is 0. The van der Waals surface area contributed by atoms with Crippen LogP contribution in [0.2, 0.25) is 0 Å². The predicted molar refractivity (Wildman–Crippen MR) is 57.8 cm³/mol. The van der Waals surface area contributed by atoms with Crippen molar-refractivity contribution in [3.05, 3.63) is 41.5 Å². The Morgan fingerprint density at radius 3 is 3.00 bits per heavy atom. The van der Waals surface area contributed by atoms with Crippen molar-refractivity contribution in [2.45, 2.75) is 13.5 Å². The number of hydrogen-bond donors (Lipinski definition) is 0. The van der Waals surface area contributed by atoms with Gasteiger partial charge in [-0.05, 0) is 24.1 Å². The van der Waals surface area contributed by atoms with Crippen LogP contribution >= 0.6 is 0 Å². The van der Waals surface area contributed by atoms with Crippen molar-refractivity contribution in [3.63, 3.8) is 0 Å². The third-order valence-corrected chi connectivity index (χ3v) is 2.76. The summed E-state index contributed by atoms with van der Waals surface area (Å²) in [5.74, 6) is 0.847. The molecule has 3 heteroatoms. The largest absolute Gasteiger partial charge is 0.288 e. The Balaban J connectivity index is 2.17. The van der Waals surface area contributed by atoms with Gasteiger partial charge in [-0.3, -0.25) is 9.69 Å².